The summed E-state index contributed by atoms with van der Waals surface area (Å²) < 4.78 is 0. The van der Waals surface area contributed by atoms with Crippen LogP contribution >= 0.6 is 0 Å². The Morgan fingerprint density at radius 2 is 0.735 bits per heavy atom. The van der Waals surface area contributed by atoms with Crippen LogP contribution in [-0.2, 0) is 4.79 Å². The Kier molecular flexibility index (Phi) is 26.6. The van der Waals surface area contributed by atoms with Crippen molar-refractivity contribution in [2.24, 2.45) is 5.92 Å². The summed E-state index contributed by atoms with van der Waals surface area (Å²) in [5.74, 6) is -1.38. The lowest BCUT2D eigenvalue weighted by Gasteiger charge is -2.19. The normalized spacial score (nSPS) is 13.3. The maximum atomic E-state index is 11.6. The van der Waals surface area contributed by atoms with Gasteiger partial charge >= 0.3 is 5.97 Å². The van der Waals surface area contributed by atoms with Crippen LogP contribution in [-0.4, -0.2) is 22.3 Å². The van der Waals surface area contributed by atoms with E-state index in [1.54, 1.807) is 0 Å². The average molecular weight is 483 g/mol. The molecular formula is C31H62O3. The van der Waals surface area contributed by atoms with Crippen molar-refractivity contribution in [3.63, 3.8) is 0 Å². The van der Waals surface area contributed by atoms with Gasteiger partial charge in [-0.3, -0.25) is 4.79 Å². The molecule has 2 N–H and O–H groups in total. The van der Waals surface area contributed by atoms with Gasteiger partial charge < -0.3 is 10.2 Å². The molecule has 0 aromatic heterocycles. The maximum Gasteiger partial charge on any atom is 0.309 e. The van der Waals surface area contributed by atoms with Crippen molar-refractivity contribution < 1.29 is 15.0 Å². The minimum absolute atomic E-state index is 0.573. The number of aliphatic carboxylic acids is 1. The van der Waals surface area contributed by atoms with Gasteiger partial charge in [-0.05, 0) is 12.8 Å². The Bertz CT molecular complexity index is 409. The molecule has 0 amide bonds. The van der Waals surface area contributed by atoms with Gasteiger partial charge in [0.25, 0.3) is 0 Å². The number of aliphatic hydroxyl groups is 1. The first-order valence-corrected chi connectivity index (χ1v) is 15.5. The molecular weight excluding hydrogens is 420 g/mol. The number of rotatable bonds is 28. The van der Waals surface area contributed by atoms with Crippen LogP contribution in [0.25, 0.3) is 0 Å². The van der Waals surface area contributed by atoms with Crippen molar-refractivity contribution >= 4 is 5.97 Å². The molecule has 2 unspecified atom stereocenters. The van der Waals surface area contributed by atoms with E-state index in [-0.39, 0.29) is 0 Å². The summed E-state index contributed by atoms with van der Waals surface area (Å²) in [6.45, 7) is 4.53. The van der Waals surface area contributed by atoms with Crippen molar-refractivity contribution in [3.05, 3.63) is 0 Å². The molecule has 0 aliphatic carbocycles. The summed E-state index contributed by atoms with van der Waals surface area (Å²) in [4.78, 5) is 11.6. The van der Waals surface area contributed by atoms with E-state index < -0.39 is 18.0 Å². The summed E-state index contributed by atoms with van der Waals surface area (Å²) >= 11 is 0. The lowest BCUT2D eigenvalue weighted by Crippen LogP contribution is -2.28. The van der Waals surface area contributed by atoms with Crippen LogP contribution in [0.3, 0.4) is 0 Å². The van der Waals surface area contributed by atoms with Crippen molar-refractivity contribution in [2.75, 3.05) is 0 Å². The Morgan fingerprint density at radius 1 is 0.471 bits per heavy atom. The molecule has 0 heterocycles. The number of carboxylic acids is 1. The molecule has 3 nitrogen and oxygen atoms in total. The fraction of sp³-hybridized carbons (Fsp3) is 0.968. The van der Waals surface area contributed by atoms with Gasteiger partial charge in [0.1, 0.15) is 0 Å². The first kappa shape index (κ1) is 33.4. The SMILES string of the molecule is CCCCCCCCCCCCCCCC(C(=O)O)C(O)CCCCCCCCCCCCC. The van der Waals surface area contributed by atoms with Crippen molar-refractivity contribution in [3.8, 4) is 0 Å². The second-order valence-corrected chi connectivity index (χ2v) is 10.9. The third kappa shape index (κ3) is 23.2. The largest absolute Gasteiger partial charge is 0.481 e. The number of carboxylic acid groups (broad SMARTS) is 1. The van der Waals surface area contributed by atoms with Crippen LogP contribution in [0.5, 0.6) is 0 Å². The molecule has 0 aliphatic heterocycles. The zero-order valence-electron chi connectivity index (χ0n) is 23.3. The standard InChI is InChI=1S/C31H62O3/c1-3-5-7-9-11-13-15-16-18-19-21-23-25-27-29(31(33)34)30(32)28-26-24-22-20-17-14-12-10-8-6-4-2/h29-30,32H,3-28H2,1-2H3,(H,33,34). The highest BCUT2D eigenvalue weighted by atomic mass is 16.4. The lowest BCUT2D eigenvalue weighted by atomic mass is 9.91. The quantitative estimate of drug-likeness (QED) is 0.109. The lowest BCUT2D eigenvalue weighted by molar-refractivity contribution is -0.146. The van der Waals surface area contributed by atoms with Gasteiger partial charge in [-0.2, -0.15) is 0 Å². The Morgan fingerprint density at radius 3 is 1.03 bits per heavy atom. The van der Waals surface area contributed by atoms with Gasteiger partial charge in [0.05, 0.1) is 12.0 Å². The summed E-state index contributed by atoms with van der Waals surface area (Å²) in [6.07, 6.45) is 31.6. The Balaban J connectivity index is 3.58. The first-order valence-electron chi connectivity index (χ1n) is 15.5. The summed E-state index contributed by atoms with van der Waals surface area (Å²) in [5, 5.41) is 20.0. The number of unbranched alkanes of at least 4 members (excludes halogenated alkanes) is 22. The van der Waals surface area contributed by atoms with Crippen LogP contribution < -0.4 is 0 Å². The molecule has 0 radical (unpaired) electrons. The summed E-state index contributed by atoms with van der Waals surface area (Å²) in [5.41, 5.74) is 0. The zero-order chi connectivity index (χ0) is 25.1. The minimum atomic E-state index is -0.811. The van der Waals surface area contributed by atoms with E-state index in [0.29, 0.717) is 12.8 Å². The van der Waals surface area contributed by atoms with Gasteiger partial charge in [0.15, 0.2) is 0 Å². The number of carbonyl (C=O) groups is 1. The molecule has 0 aromatic rings. The monoisotopic (exact) mass is 482 g/mol. The zero-order valence-corrected chi connectivity index (χ0v) is 23.3. The van der Waals surface area contributed by atoms with E-state index in [1.165, 1.54) is 128 Å². The van der Waals surface area contributed by atoms with Crippen LogP contribution in [0.2, 0.25) is 0 Å². The maximum absolute atomic E-state index is 11.6. The first-order chi connectivity index (χ1) is 16.6. The van der Waals surface area contributed by atoms with E-state index in [4.69, 9.17) is 0 Å². The van der Waals surface area contributed by atoms with Gasteiger partial charge in [0.2, 0.25) is 0 Å². The van der Waals surface area contributed by atoms with E-state index in [0.717, 1.165) is 25.7 Å². The molecule has 0 bridgehead atoms. The average Bonchev–Trinajstić information content (AvgIpc) is 2.82. The molecule has 3 heteroatoms. The number of aliphatic hydroxyl groups excluding tert-OH is 1. The number of hydrogen-bond acceptors (Lipinski definition) is 2. The molecule has 0 fully saturated rings. The fourth-order valence-electron chi connectivity index (χ4n) is 5.08. The predicted molar refractivity (Wildman–Crippen MR) is 149 cm³/mol. The molecule has 0 saturated carbocycles. The second kappa shape index (κ2) is 27.0. The molecule has 2 atom stereocenters. The van der Waals surface area contributed by atoms with Gasteiger partial charge in [-0.25, -0.2) is 0 Å². The van der Waals surface area contributed by atoms with Crippen LogP contribution in [0.1, 0.15) is 181 Å². The van der Waals surface area contributed by atoms with E-state index >= 15 is 0 Å². The third-order valence-corrected chi connectivity index (χ3v) is 7.50. The Labute approximate surface area is 213 Å². The van der Waals surface area contributed by atoms with Crippen LogP contribution in [0, 0.1) is 5.92 Å². The predicted octanol–water partition coefficient (Wildman–Crippen LogP) is 10.2. The molecule has 0 saturated heterocycles. The highest BCUT2D eigenvalue weighted by Crippen LogP contribution is 2.21. The van der Waals surface area contributed by atoms with Crippen LogP contribution in [0.4, 0.5) is 0 Å². The van der Waals surface area contributed by atoms with E-state index in [9.17, 15) is 15.0 Å². The summed E-state index contributed by atoms with van der Waals surface area (Å²) in [7, 11) is 0. The molecule has 0 aromatic carbocycles. The van der Waals surface area contributed by atoms with Crippen LogP contribution in [0.15, 0.2) is 0 Å². The molecule has 0 rings (SSSR count). The van der Waals surface area contributed by atoms with Crippen molar-refractivity contribution in [1.82, 2.24) is 0 Å². The number of hydrogen-bond donors (Lipinski definition) is 2. The van der Waals surface area contributed by atoms with Gasteiger partial charge in [-0.1, -0.05) is 168 Å². The van der Waals surface area contributed by atoms with E-state index in [2.05, 4.69) is 13.8 Å². The van der Waals surface area contributed by atoms with Gasteiger partial charge in [0, 0.05) is 0 Å². The highest BCUT2D eigenvalue weighted by molar-refractivity contribution is 5.70. The molecule has 0 spiro atoms. The van der Waals surface area contributed by atoms with E-state index in [1.807, 2.05) is 0 Å². The van der Waals surface area contributed by atoms with Crippen molar-refractivity contribution in [1.29, 1.82) is 0 Å². The smallest absolute Gasteiger partial charge is 0.309 e. The second-order valence-electron chi connectivity index (χ2n) is 10.9. The minimum Gasteiger partial charge on any atom is -0.481 e. The summed E-state index contributed by atoms with van der Waals surface area (Å²) in [6, 6.07) is 0. The molecule has 0 aliphatic rings. The molecule has 204 valence electrons. The molecule has 34 heavy (non-hydrogen) atoms. The van der Waals surface area contributed by atoms with Crippen molar-refractivity contribution in [2.45, 2.75) is 187 Å². The third-order valence-electron chi connectivity index (χ3n) is 7.50. The van der Waals surface area contributed by atoms with Gasteiger partial charge in [-0.15, -0.1) is 0 Å². The topological polar surface area (TPSA) is 57.5 Å². The fourth-order valence-corrected chi connectivity index (χ4v) is 5.08. The Hall–Kier alpha value is -0.570. The highest BCUT2D eigenvalue weighted by Gasteiger charge is 2.25.